The van der Waals surface area contributed by atoms with Gasteiger partial charge in [-0.15, -0.1) is 0 Å². The van der Waals surface area contributed by atoms with Gasteiger partial charge in [0.15, 0.2) is 5.60 Å². The minimum atomic E-state index is -1.45. The number of hydrogen-bond donors (Lipinski definition) is 2. The maximum Gasteiger partial charge on any atom is 0.257 e. The number of carbonyl (C=O) groups excluding carboxylic acids is 1. The smallest absolute Gasteiger partial charge is 0.257 e. The number of hydrogen-bond acceptors (Lipinski definition) is 3. The largest absolute Gasteiger partial charge is 0.375 e. The van der Waals surface area contributed by atoms with E-state index in [0.717, 1.165) is 44.1 Å². The van der Waals surface area contributed by atoms with E-state index in [0.29, 0.717) is 12.1 Å². The molecule has 3 fully saturated rings. The molecule has 1 aliphatic heterocycles. The van der Waals surface area contributed by atoms with Crippen molar-refractivity contribution in [2.75, 3.05) is 26.2 Å². The van der Waals surface area contributed by atoms with Crippen LogP contribution in [0.2, 0.25) is 0 Å². The van der Waals surface area contributed by atoms with Gasteiger partial charge in [-0.1, -0.05) is 55.0 Å². The minimum Gasteiger partial charge on any atom is -0.375 e. The summed E-state index contributed by atoms with van der Waals surface area (Å²) in [6.45, 7) is 3.44. The normalized spacial score (nSPS) is 27.3. The number of fused-ring (bicyclic) bond motifs is 1. The molecule has 26 heavy (non-hydrogen) atoms. The third-order valence-corrected chi connectivity index (χ3v) is 6.33. The standard InChI is InChI=1S/C22H28N2O2/c25-21(23-12-6-7-13-24-15-17-14-18(17)16-24)22(26,20-10-4-5-11-20)19-8-2-1-3-9-19/h1-3,8-9,17-18,20,26H,4-5,10-16H2,(H,23,25)/t17-,18+,22?. The van der Waals surface area contributed by atoms with Crippen molar-refractivity contribution < 1.29 is 9.90 Å². The molecule has 2 aliphatic carbocycles. The molecule has 2 saturated carbocycles. The second kappa shape index (κ2) is 7.42. The second-order valence-corrected chi connectivity index (χ2v) is 8.10. The molecule has 4 heteroatoms. The van der Waals surface area contributed by atoms with Gasteiger partial charge in [-0.25, -0.2) is 0 Å². The van der Waals surface area contributed by atoms with Gasteiger partial charge in [-0.05, 0) is 36.7 Å². The predicted molar refractivity (Wildman–Crippen MR) is 101 cm³/mol. The van der Waals surface area contributed by atoms with E-state index < -0.39 is 5.60 Å². The number of rotatable bonds is 5. The fourth-order valence-electron chi connectivity index (χ4n) is 4.70. The Hall–Kier alpha value is -1.83. The van der Waals surface area contributed by atoms with Crippen LogP contribution in [0.3, 0.4) is 0 Å². The minimum absolute atomic E-state index is 0.0193. The van der Waals surface area contributed by atoms with Gasteiger partial charge in [0.2, 0.25) is 0 Å². The Morgan fingerprint density at radius 3 is 2.54 bits per heavy atom. The van der Waals surface area contributed by atoms with Crippen molar-refractivity contribution in [3.8, 4) is 11.8 Å². The first-order chi connectivity index (χ1) is 12.7. The Morgan fingerprint density at radius 2 is 1.85 bits per heavy atom. The average molecular weight is 352 g/mol. The SMILES string of the molecule is O=C(NCC#CCN1C[C@H]2C[C@H]2C1)C(O)(c1ccccc1)C1CCCC1. The molecule has 1 amide bonds. The lowest BCUT2D eigenvalue weighted by atomic mass is 9.79. The van der Waals surface area contributed by atoms with Gasteiger partial charge in [0, 0.05) is 19.0 Å². The van der Waals surface area contributed by atoms with E-state index in [9.17, 15) is 9.90 Å². The molecule has 1 aromatic carbocycles. The molecule has 1 heterocycles. The van der Waals surface area contributed by atoms with E-state index in [-0.39, 0.29) is 11.8 Å². The maximum absolute atomic E-state index is 12.9. The Kier molecular flexibility index (Phi) is 5.02. The highest BCUT2D eigenvalue weighted by Crippen LogP contribution is 2.44. The molecule has 138 valence electrons. The summed E-state index contributed by atoms with van der Waals surface area (Å²) in [5.74, 6) is 7.72. The highest BCUT2D eigenvalue weighted by molar-refractivity contribution is 5.87. The number of likely N-dealkylation sites (tertiary alicyclic amines) is 1. The van der Waals surface area contributed by atoms with Crippen LogP contribution in [-0.4, -0.2) is 42.1 Å². The molecule has 3 aliphatic rings. The summed E-state index contributed by atoms with van der Waals surface area (Å²) in [4.78, 5) is 15.3. The molecule has 1 saturated heterocycles. The lowest BCUT2D eigenvalue weighted by Gasteiger charge is -2.33. The van der Waals surface area contributed by atoms with Crippen molar-refractivity contribution in [2.45, 2.75) is 37.7 Å². The Morgan fingerprint density at radius 1 is 1.15 bits per heavy atom. The van der Waals surface area contributed by atoms with Crippen LogP contribution in [0.1, 0.15) is 37.7 Å². The highest BCUT2D eigenvalue weighted by Gasteiger charge is 2.46. The van der Waals surface area contributed by atoms with Gasteiger partial charge < -0.3 is 10.4 Å². The number of nitrogens with one attached hydrogen (secondary N) is 1. The van der Waals surface area contributed by atoms with Crippen molar-refractivity contribution in [1.82, 2.24) is 10.2 Å². The summed E-state index contributed by atoms with van der Waals surface area (Å²) in [6.07, 6.45) is 5.33. The molecule has 1 aromatic rings. The number of amides is 1. The molecule has 4 rings (SSSR count). The fraction of sp³-hybridized carbons (Fsp3) is 0.591. The van der Waals surface area contributed by atoms with Gasteiger partial charge in [-0.2, -0.15) is 0 Å². The summed E-state index contributed by atoms with van der Waals surface area (Å²) in [5, 5.41) is 14.2. The maximum atomic E-state index is 12.9. The van der Waals surface area contributed by atoms with Gasteiger partial charge in [0.25, 0.3) is 5.91 Å². The Labute approximate surface area is 156 Å². The van der Waals surface area contributed by atoms with Crippen LogP contribution in [0.5, 0.6) is 0 Å². The number of piperidine rings is 1. The molecule has 0 radical (unpaired) electrons. The summed E-state index contributed by atoms with van der Waals surface area (Å²) in [5.41, 5.74) is -0.760. The molecule has 1 unspecified atom stereocenters. The third kappa shape index (κ3) is 3.51. The summed E-state index contributed by atoms with van der Waals surface area (Å²) in [7, 11) is 0. The first-order valence-electron chi connectivity index (χ1n) is 9.92. The topological polar surface area (TPSA) is 52.6 Å². The monoisotopic (exact) mass is 352 g/mol. The predicted octanol–water partition coefficient (Wildman–Crippen LogP) is 2.14. The fourth-order valence-corrected chi connectivity index (χ4v) is 4.70. The molecular formula is C22H28N2O2. The highest BCUT2D eigenvalue weighted by atomic mass is 16.3. The van der Waals surface area contributed by atoms with Gasteiger partial charge >= 0.3 is 0 Å². The molecule has 0 bridgehead atoms. The zero-order chi connectivity index (χ0) is 18.0. The molecule has 0 spiro atoms. The van der Waals surface area contributed by atoms with Crippen LogP contribution in [-0.2, 0) is 10.4 Å². The third-order valence-electron chi connectivity index (χ3n) is 6.33. The Balaban J connectivity index is 1.35. The quantitative estimate of drug-likeness (QED) is 0.799. The average Bonchev–Trinajstić information content (AvgIpc) is 3.07. The number of aliphatic hydroxyl groups is 1. The summed E-state index contributed by atoms with van der Waals surface area (Å²) >= 11 is 0. The molecule has 0 aromatic heterocycles. The van der Waals surface area contributed by atoms with E-state index in [4.69, 9.17) is 0 Å². The van der Waals surface area contributed by atoms with Crippen LogP contribution in [0.15, 0.2) is 30.3 Å². The van der Waals surface area contributed by atoms with Crippen molar-refractivity contribution in [1.29, 1.82) is 0 Å². The number of nitrogens with zero attached hydrogens (tertiary/aromatic N) is 1. The lowest BCUT2D eigenvalue weighted by Crippen LogP contribution is -2.49. The number of carbonyl (C=O) groups is 1. The molecule has 3 atom stereocenters. The van der Waals surface area contributed by atoms with E-state index in [2.05, 4.69) is 22.1 Å². The van der Waals surface area contributed by atoms with Crippen molar-refractivity contribution in [3.05, 3.63) is 35.9 Å². The molecule has 2 N–H and O–H groups in total. The van der Waals surface area contributed by atoms with Gasteiger partial charge in [0.05, 0.1) is 13.1 Å². The van der Waals surface area contributed by atoms with Gasteiger partial charge in [0.1, 0.15) is 0 Å². The summed E-state index contributed by atoms with van der Waals surface area (Å²) < 4.78 is 0. The zero-order valence-corrected chi connectivity index (χ0v) is 15.3. The Bertz CT molecular complexity index is 692. The molecular weight excluding hydrogens is 324 g/mol. The van der Waals surface area contributed by atoms with Crippen molar-refractivity contribution >= 4 is 5.91 Å². The van der Waals surface area contributed by atoms with E-state index in [1.807, 2.05) is 30.3 Å². The van der Waals surface area contributed by atoms with E-state index in [1.54, 1.807) is 0 Å². The van der Waals surface area contributed by atoms with E-state index >= 15 is 0 Å². The van der Waals surface area contributed by atoms with Crippen molar-refractivity contribution in [2.24, 2.45) is 17.8 Å². The first kappa shape index (κ1) is 17.6. The number of benzene rings is 1. The summed E-state index contributed by atoms with van der Waals surface area (Å²) in [6, 6.07) is 9.36. The first-order valence-corrected chi connectivity index (χ1v) is 9.92. The van der Waals surface area contributed by atoms with E-state index in [1.165, 1.54) is 19.5 Å². The van der Waals surface area contributed by atoms with Crippen LogP contribution < -0.4 is 5.32 Å². The van der Waals surface area contributed by atoms with Crippen LogP contribution in [0.25, 0.3) is 0 Å². The van der Waals surface area contributed by atoms with Crippen LogP contribution >= 0.6 is 0 Å². The zero-order valence-electron chi connectivity index (χ0n) is 15.3. The second-order valence-electron chi connectivity index (χ2n) is 8.10. The van der Waals surface area contributed by atoms with Crippen LogP contribution in [0, 0.1) is 29.6 Å². The van der Waals surface area contributed by atoms with Crippen molar-refractivity contribution in [3.63, 3.8) is 0 Å². The molecule has 4 nitrogen and oxygen atoms in total. The van der Waals surface area contributed by atoms with Gasteiger partial charge in [-0.3, -0.25) is 9.69 Å². The lowest BCUT2D eigenvalue weighted by molar-refractivity contribution is -0.147. The van der Waals surface area contributed by atoms with Crippen LogP contribution in [0.4, 0.5) is 0 Å².